The highest BCUT2D eigenvalue weighted by Crippen LogP contribution is 2.44. The van der Waals surface area contributed by atoms with E-state index in [0.717, 1.165) is 85.6 Å². The van der Waals surface area contributed by atoms with Crippen molar-refractivity contribution in [2.75, 3.05) is 31.3 Å². The molecule has 0 fully saturated rings. The molecule has 26 heteroatoms. The van der Waals surface area contributed by atoms with Gasteiger partial charge in [0.25, 0.3) is 11.8 Å². The van der Waals surface area contributed by atoms with Gasteiger partial charge in [-0.15, -0.1) is 0 Å². The third kappa shape index (κ3) is 39.2. The van der Waals surface area contributed by atoms with Crippen molar-refractivity contribution in [3.8, 4) is 11.1 Å². The van der Waals surface area contributed by atoms with Crippen LogP contribution in [0, 0.1) is 11.8 Å². The molecule has 3 aromatic rings. The number of fused-ring (bicyclic) bond motifs is 3. The minimum absolute atomic E-state index is 0.0362. The molecule has 1 aromatic heterocycles. The molecular formula is C79H121N5O17S2Si2. The number of nitrogens with zero attached hydrogens (tertiary/aromatic N) is 1. The number of hydrogen-bond donors (Lipinski definition) is 4. The fraction of sp³-hybridized carbons (Fsp3) is 0.608. The molecule has 0 aliphatic heterocycles. The van der Waals surface area contributed by atoms with E-state index < -0.39 is 99.8 Å². The fourth-order valence-corrected chi connectivity index (χ4v) is 13.4. The Kier molecular flexibility index (Phi) is 42.7. The second-order valence-corrected chi connectivity index (χ2v) is 43.7. The summed E-state index contributed by atoms with van der Waals surface area (Å²) in [4.78, 5) is 132. The van der Waals surface area contributed by atoms with E-state index in [2.05, 4.69) is 91.5 Å². The van der Waals surface area contributed by atoms with Gasteiger partial charge in [0.1, 0.15) is 48.5 Å². The van der Waals surface area contributed by atoms with E-state index in [9.17, 15) is 47.9 Å². The lowest BCUT2D eigenvalue weighted by Crippen LogP contribution is -2.48. The van der Waals surface area contributed by atoms with Crippen LogP contribution < -0.4 is 21.3 Å². The standard InChI is InChI=1S/C40H57NO7SSi.C39H64N4O10SSi/c1-7-8-9-10-11-23-37(43)49-25-17-16-18-30(27-36(42)46-24-26-50(4,5)6)48-39(44)38(29(2)3)41-40(45)47-28-35-33-21-14-12-19-31(33)32-20-13-15-22-34(32)35;1-11-13-14-15-16-20-33(45)54-22-18-17-19-28(24-32(44)50-21-23-55(8,9)10)52-37(48)34(27(3)4)43-35(46)29(12-2)42-36(47)30-26-51-31(41-30)25-40-38(49)53-39(5,6)7/h12-16,18-22,29-30,35,38H,7-11,17,23-28H2,1-6H3,(H,41,45);12,17,19,26-28,34H,11,13-16,18,20-25H2,1-10H3,(H,40,49)(H,42,47)(H,43,46)/b18-16+;19-17+,29-12-/t30-,38+;28-,34+/m11/s1. The lowest BCUT2D eigenvalue weighted by atomic mass is 9.98. The van der Waals surface area contributed by atoms with E-state index in [-0.39, 0.29) is 71.9 Å². The summed E-state index contributed by atoms with van der Waals surface area (Å²) < 4.78 is 38.7. The zero-order valence-corrected chi connectivity index (χ0v) is 68.9. The number of benzene rings is 2. The monoisotopic (exact) mass is 1530 g/mol. The van der Waals surface area contributed by atoms with Crippen molar-refractivity contribution in [2.45, 2.75) is 266 Å². The summed E-state index contributed by atoms with van der Waals surface area (Å²) in [5.74, 6) is -3.59. The first kappa shape index (κ1) is 91.9. The molecular weight excluding hydrogens is 1410 g/mol. The average molecular weight is 1530 g/mol. The molecule has 0 spiro atoms. The number of esters is 4. The van der Waals surface area contributed by atoms with Gasteiger partial charge in [-0.2, -0.15) is 0 Å². The van der Waals surface area contributed by atoms with Crippen molar-refractivity contribution in [1.29, 1.82) is 0 Å². The Morgan fingerprint density at radius 1 is 0.610 bits per heavy atom. The Morgan fingerprint density at radius 2 is 1.07 bits per heavy atom. The Balaban J connectivity index is 0.000000547. The number of carbonyl (C=O) groups is 10. The largest absolute Gasteiger partial charge is 0.466 e. The summed E-state index contributed by atoms with van der Waals surface area (Å²) in [6.45, 7) is 31.8. The second kappa shape index (κ2) is 48.8. The zero-order chi connectivity index (χ0) is 78.1. The molecule has 4 rings (SSSR count). The summed E-state index contributed by atoms with van der Waals surface area (Å²) in [5, 5.41) is 10.6. The molecule has 105 heavy (non-hydrogen) atoms. The molecule has 1 aliphatic rings. The van der Waals surface area contributed by atoms with Crippen molar-refractivity contribution < 1.29 is 80.8 Å². The SMILES string of the molecule is C/C=C(\NC(=O)c1coc(CNC(=O)OC(C)(C)C)n1)C(=O)N[C@H](C(=O)O[C@H](/C=C/CCSC(=O)CCCCCCC)CC(=O)OCC[Si](C)(C)C)C(C)C.CCCCCCCC(=O)SCC/C=C/[C@H](CC(=O)OCC[Si](C)(C)C)OC(=O)[C@@H](NC(=O)OCC1c2ccccc2-c2ccccc21)C(C)C. The van der Waals surface area contributed by atoms with E-state index in [1.54, 1.807) is 52.8 Å². The topological polar surface area (TPSA) is 300 Å². The van der Waals surface area contributed by atoms with E-state index in [1.807, 2.05) is 56.3 Å². The van der Waals surface area contributed by atoms with Gasteiger partial charge in [-0.25, -0.2) is 24.2 Å². The number of alkyl carbamates (subject to hydrolysis) is 2. The van der Waals surface area contributed by atoms with Crippen LogP contribution in [-0.4, -0.2) is 140 Å². The Bertz CT molecular complexity index is 3290. The van der Waals surface area contributed by atoms with E-state index in [0.29, 0.717) is 43.8 Å². The first-order valence-corrected chi connectivity index (χ1v) is 46.7. The first-order chi connectivity index (χ1) is 49.6. The van der Waals surface area contributed by atoms with Gasteiger partial charge in [0.2, 0.25) is 5.89 Å². The highest BCUT2D eigenvalue weighted by atomic mass is 32.2. The highest BCUT2D eigenvalue weighted by Gasteiger charge is 2.34. The number of oxazole rings is 1. The normalized spacial score (nSPS) is 13.5. The van der Waals surface area contributed by atoms with Crippen LogP contribution in [0.3, 0.4) is 0 Å². The Hall–Kier alpha value is -7.30. The molecule has 0 unspecified atom stereocenters. The van der Waals surface area contributed by atoms with E-state index >= 15 is 0 Å². The number of aromatic nitrogens is 1. The molecule has 0 saturated heterocycles. The Morgan fingerprint density at radius 3 is 1.50 bits per heavy atom. The smallest absolute Gasteiger partial charge is 0.408 e. The summed E-state index contributed by atoms with van der Waals surface area (Å²) in [7, 11) is -2.84. The molecule has 0 radical (unpaired) electrons. The van der Waals surface area contributed by atoms with Gasteiger partial charge in [-0.05, 0) is 112 Å². The van der Waals surface area contributed by atoms with Crippen LogP contribution in [-0.2, 0) is 68.5 Å². The molecule has 4 amide bonds. The molecule has 584 valence electrons. The second-order valence-electron chi connectivity index (χ2n) is 30.1. The molecule has 4 N–H and O–H groups in total. The van der Waals surface area contributed by atoms with Crippen LogP contribution in [0.4, 0.5) is 9.59 Å². The number of carbonyl (C=O) groups excluding carboxylic acids is 10. The van der Waals surface area contributed by atoms with Crippen LogP contribution in [0.15, 0.2) is 95.3 Å². The summed E-state index contributed by atoms with van der Waals surface area (Å²) in [5.41, 5.74) is 3.44. The maximum Gasteiger partial charge on any atom is 0.408 e. The summed E-state index contributed by atoms with van der Waals surface area (Å²) in [6, 6.07) is 15.7. The van der Waals surface area contributed by atoms with E-state index in [1.165, 1.54) is 55.8 Å². The fourth-order valence-electron chi connectivity index (χ4n) is 10.4. The van der Waals surface area contributed by atoms with Gasteiger partial charge in [-0.3, -0.25) is 28.8 Å². The van der Waals surface area contributed by atoms with Crippen molar-refractivity contribution in [1.82, 2.24) is 26.3 Å². The zero-order valence-electron chi connectivity index (χ0n) is 65.3. The first-order valence-electron chi connectivity index (χ1n) is 37.3. The lowest BCUT2D eigenvalue weighted by Gasteiger charge is -2.24. The molecule has 22 nitrogen and oxygen atoms in total. The van der Waals surface area contributed by atoms with Crippen LogP contribution in [0.1, 0.15) is 205 Å². The minimum Gasteiger partial charge on any atom is -0.466 e. The van der Waals surface area contributed by atoms with Crippen molar-refractivity contribution in [3.05, 3.63) is 114 Å². The lowest BCUT2D eigenvalue weighted by molar-refractivity contribution is -0.157. The average Bonchev–Trinajstić information content (AvgIpc) is 1.62. The van der Waals surface area contributed by atoms with Crippen LogP contribution in [0.2, 0.25) is 51.4 Å². The quantitative estimate of drug-likeness (QED) is 0.0102. The number of amides is 4. The maximum atomic E-state index is 13.5. The molecule has 1 heterocycles. The van der Waals surface area contributed by atoms with Crippen molar-refractivity contribution >= 4 is 97.8 Å². The predicted molar refractivity (Wildman–Crippen MR) is 421 cm³/mol. The van der Waals surface area contributed by atoms with Crippen LogP contribution in [0.5, 0.6) is 0 Å². The summed E-state index contributed by atoms with van der Waals surface area (Å²) >= 11 is 2.57. The van der Waals surface area contributed by atoms with Gasteiger partial charge in [0.05, 0.1) is 32.6 Å². The molecule has 1 aliphatic carbocycles. The molecule has 2 aromatic carbocycles. The number of rotatable bonds is 45. The molecule has 4 atom stereocenters. The van der Waals surface area contributed by atoms with Gasteiger partial charge in [0.15, 0.2) is 15.9 Å². The third-order valence-corrected chi connectivity index (χ3v) is 21.7. The maximum absolute atomic E-state index is 13.5. The highest BCUT2D eigenvalue weighted by molar-refractivity contribution is 8.13. The van der Waals surface area contributed by atoms with E-state index in [4.69, 9.17) is 32.8 Å². The minimum atomic E-state index is -1.45. The van der Waals surface area contributed by atoms with Gasteiger partial charge in [0, 0.05) is 46.4 Å². The third-order valence-electron chi connectivity index (χ3n) is 16.4. The van der Waals surface area contributed by atoms with Gasteiger partial charge >= 0.3 is 36.1 Å². The van der Waals surface area contributed by atoms with Gasteiger partial charge in [-0.1, -0.05) is 222 Å². The van der Waals surface area contributed by atoms with Crippen LogP contribution in [0.25, 0.3) is 11.1 Å². The van der Waals surface area contributed by atoms with Gasteiger partial charge < -0.3 is 54.1 Å². The summed E-state index contributed by atoms with van der Waals surface area (Å²) in [6.07, 6.45) is 18.9. The van der Waals surface area contributed by atoms with Crippen LogP contribution >= 0.6 is 23.5 Å². The number of ether oxygens (including phenoxy) is 6. The number of nitrogens with one attached hydrogen (secondary N) is 4. The molecule has 0 saturated carbocycles. The number of thioether (sulfide) groups is 2. The number of hydrogen-bond acceptors (Lipinski definition) is 20. The Labute approximate surface area is 634 Å². The molecule has 0 bridgehead atoms. The number of unbranched alkanes of at least 4 members (excludes halogenated alkanes) is 8. The van der Waals surface area contributed by atoms with Crippen molar-refractivity contribution in [3.63, 3.8) is 0 Å². The number of allylic oxidation sites excluding steroid dienone is 3. The van der Waals surface area contributed by atoms with Crippen molar-refractivity contribution in [2.24, 2.45) is 11.8 Å². The predicted octanol–water partition coefficient (Wildman–Crippen LogP) is 16.5.